The van der Waals surface area contributed by atoms with E-state index in [0.29, 0.717) is 11.1 Å². The lowest BCUT2D eigenvalue weighted by Crippen LogP contribution is -1.92. The molecule has 0 amide bonds. The van der Waals surface area contributed by atoms with Crippen LogP contribution >= 0.6 is 11.6 Å². The molecule has 0 aromatic heterocycles. The maximum atomic E-state index is 10.8. The molecule has 0 unspecified atom stereocenters. The minimum atomic E-state index is -0.464. The molecule has 60 valence electrons. The van der Waals surface area contributed by atoms with Crippen molar-refractivity contribution in [3.63, 3.8) is 0 Å². The Kier molecular flexibility index (Phi) is 2.90. The summed E-state index contributed by atoms with van der Waals surface area (Å²) in [5, 5.41) is -0.464. The van der Waals surface area contributed by atoms with E-state index in [9.17, 15) is 4.79 Å². The largest absolute Gasteiger partial charge is 0.276 e. The van der Waals surface area contributed by atoms with Crippen molar-refractivity contribution < 1.29 is 4.79 Å². The molecule has 1 aromatic rings. The first kappa shape index (κ1) is 8.83. The number of rotatable bonds is 1. The van der Waals surface area contributed by atoms with Crippen molar-refractivity contribution in [3.05, 3.63) is 35.4 Å². The second kappa shape index (κ2) is 3.94. The van der Waals surface area contributed by atoms with Crippen LogP contribution in [0.1, 0.15) is 22.8 Å². The third-order valence-electron chi connectivity index (χ3n) is 1.40. The van der Waals surface area contributed by atoms with Gasteiger partial charge in [0.15, 0.2) is 0 Å². The summed E-state index contributed by atoms with van der Waals surface area (Å²) < 4.78 is 0. The standard InChI is InChI=1S/C10H7ClO/c1-2-5-8-6-3-4-7-9(8)10(11)12/h3-4,6-7H,1H3. The van der Waals surface area contributed by atoms with Crippen LogP contribution in [0.5, 0.6) is 0 Å². The van der Waals surface area contributed by atoms with Crippen molar-refractivity contribution in [2.45, 2.75) is 6.92 Å². The molecule has 0 aliphatic rings. The van der Waals surface area contributed by atoms with Gasteiger partial charge in [0.1, 0.15) is 0 Å². The Labute approximate surface area is 76.4 Å². The molecule has 0 bridgehead atoms. The molecule has 0 N–H and O–H groups in total. The van der Waals surface area contributed by atoms with Crippen molar-refractivity contribution in [1.82, 2.24) is 0 Å². The molecule has 0 aliphatic heterocycles. The van der Waals surface area contributed by atoms with Crippen LogP contribution in [-0.4, -0.2) is 5.24 Å². The monoisotopic (exact) mass is 178 g/mol. The highest BCUT2D eigenvalue weighted by Gasteiger charge is 2.04. The Morgan fingerprint density at radius 1 is 1.42 bits per heavy atom. The number of hydrogen-bond acceptors (Lipinski definition) is 1. The van der Waals surface area contributed by atoms with Gasteiger partial charge in [-0.15, -0.1) is 5.92 Å². The van der Waals surface area contributed by atoms with Gasteiger partial charge in [-0.05, 0) is 30.7 Å². The highest BCUT2D eigenvalue weighted by atomic mass is 35.5. The first-order chi connectivity index (χ1) is 5.75. The maximum Gasteiger partial charge on any atom is 0.253 e. The Balaban J connectivity index is 3.23. The summed E-state index contributed by atoms with van der Waals surface area (Å²) in [6.45, 7) is 1.72. The van der Waals surface area contributed by atoms with Gasteiger partial charge in [0, 0.05) is 11.1 Å². The van der Waals surface area contributed by atoms with Crippen LogP contribution in [0.3, 0.4) is 0 Å². The van der Waals surface area contributed by atoms with Crippen LogP contribution in [0, 0.1) is 11.8 Å². The van der Waals surface area contributed by atoms with E-state index in [1.54, 1.807) is 25.1 Å². The lowest BCUT2D eigenvalue weighted by molar-refractivity contribution is 0.108. The van der Waals surface area contributed by atoms with E-state index in [0.717, 1.165) is 0 Å². The molecular weight excluding hydrogens is 172 g/mol. The minimum absolute atomic E-state index is 0.464. The predicted molar refractivity (Wildman–Crippen MR) is 49.2 cm³/mol. The van der Waals surface area contributed by atoms with E-state index in [2.05, 4.69) is 11.8 Å². The SMILES string of the molecule is CC#Cc1ccccc1C(=O)Cl. The van der Waals surface area contributed by atoms with Crippen LogP contribution in [0.4, 0.5) is 0 Å². The molecule has 0 fully saturated rings. The highest BCUT2D eigenvalue weighted by Crippen LogP contribution is 2.09. The molecule has 1 nitrogen and oxygen atoms in total. The van der Waals surface area contributed by atoms with E-state index >= 15 is 0 Å². The predicted octanol–water partition coefficient (Wildman–Crippen LogP) is 2.44. The lowest BCUT2D eigenvalue weighted by Gasteiger charge is -1.95. The Morgan fingerprint density at radius 2 is 2.08 bits per heavy atom. The molecule has 0 aliphatic carbocycles. The van der Waals surface area contributed by atoms with E-state index in [-0.39, 0.29) is 0 Å². The summed E-state index contributed by atoms with van der Waals surface area (Å²) in [5.74, 6) is 5.52. The third kappa shape index (κ3) is 1.87. The summed E-state index contributed by atoms with van der Waals surface area (Å²) in [5.41, 5.74) is 1.15. The fourth-order valence-corrected chi connectivity index (χ4v) is 1.06. The van der Waals surface area contributed by atoms with Gasteiger partial charge >= 0.3 is 0 Å². The summed E-state index contributed by atoms with van der Waals surface area (Å²) >= 11 is 5.34. The summed E-state index contributed by atoms with van der Waals surface area (Å²) in [4.78, 5) is 10.8. The number of hydrogen-bond donors (Lipinski definition) is 0. The molecule has 12 heavy (non-hydrogen) atoms. The van der Waals surface area contributed by atoms with Crippen LogP contribution < -0.4 is 0 Å². The normalized spacial score (nSPS) is 8.50. The lowest BCUT2D eigenvalue weighted by atomic mass is 10.1. The smallest absolute Gasteiger partial charge is 0.253 e. The van der Waals surface area contributed by atoms with Crippen LogP contribution in [0.2, 0.25) is 0 Å². The molecule has 2 heteroatoms. The average Bonchev–Trinajstić information content (AvgIpc) is 2.05. The fourth-order valence-electron chi connectivity index (χ4n) is 0.898. The molecule has 0 atom stereocenters. The second-order valence-corrected chi connectivity index (χ2v) is 2.54. The Hall–Kier alpha value is -1.26. The highest BCUT2D eigenvalue weighted by molar-refractivity contribution is 6.68. The molecule has 0 heterocycles. The van der Waals surface area contributed by atoms with Gasteiger partial charge in [-0.1, -0.05) is 18.1 Å². The van der Waals surface area contributed by atoms with Crippen LogP contribution in [-0.2, 0) is 0 Å². The molecule has 0 saturated heterocycles. The number of benzene rings is 1. The number of carbonyl (C=O) groups is 1. The maximum absolute atomic E-state index is 10.8. The average molecular weight is 179 g/mol. The quantitative estimate of drug-likeness (QED) is 0.477. The zero-order chi connectivity index (χ0) is 8.97. The first-order valence-electron chi connectivity index (χ1n) is 3.47. The van der Waals surface area contributed by atoms with Gasteiger partial charge in [0.25, 0.3) is 5.24 Å². The van der Waals surface area contributed by atoms with Gasteiger partial charge in [-0.2, -0.15) is 0 Å². The zero-order valence-electron chi connectivity index (χ0n) is 6.60. The van der Waals surface area contributed by atoms with E-state index in [1.807, 2.05) is 6.07 Å². The Morgan fingerprint density at radius 3 is 2.67 bits per heavy atom. The van der Waals surface area contributed by atoms with Gasteiger partial charge in [0.05, 0.1) is 0 Å². The molecule has 0 spiro atoms. The van der Waals surface area contributed by atoms with E-state index in [4.69, 9.17) is 11.6 Å². The number of halogens is 1. The minimum Gasteiger partial charge on any atom is -0.276 e. The molecular formula is C10H7ClO. The first-order valence-corrected chi connectivity index (χ1v) is 3.85. The van der Waals surface area contributed by atoms with Crippen molar-refractivity contribution in [3.8, 4) is 11.8 Å². The summed E-state index contributed by atoms with van der Waals surface area (Å²) in [6, 6.07) is 7.01. The third-order valence-corrected chi connectivity index (χ3v) is 1.60. The van der Waals surface area contributed by atoms with Crippen molar-refractivity contribution >= 4 is 16.8 Å². The molecule has 1 rings (SSSR count). The van der Waals surface area contributed by atoms with Crippen LogP contribution in [0.25, 0.3) is 0 Å². The summed E-state index contributed by atoms with van der Waals surface area (Å²) in [6.07, 6.45) is 0. The fraction of sp³-hybridized carbons (Fsp3) is 0.100. The van der Waals surface area contributed by atoms with Crippen molar-refractivity contribution in [1.29, 1.82) is 0 Å². The Bertz CT molecular complexity index is 358. The second-order valence-electron chi connectivity index (χ2n) is 2.19. The van der Waals surface area contributed by atoms with E-state index in [1.165, 1.54) is 0 Å². The molecule has 0 saturated carbocycles. The van der Waals surface area contributed by atoms with E-state index < -0.39 is 5.24 Å². The van der Waals surface area contributed by atoms with Gasteiger partial charge in [0.2, 0.25) is 0 Å². The van der Waals surface area contributed by atoms with Gasteiger partial charge < -0.3 is 0 Å². The zero-order valence-corrected chi connectivity index (χ0v) is 7.35. The molecule has 1 aromatic carbocycles. The van der Waals surface area contributed by atoms with Gasteiger partial charge in [-0.25, -0.2) is 0 Å². The van der Waals surface area contributed by atoms with Crippen molar-refractivity contribution in [2.75, 3.05) is 0 Å². The van der Waals surface area contributed by atoms with Crippen molar-refractivity contribution in [2.24, 2.45) is 0 Å². The number of carbonyl (C=O) groups excluding carboxylic acids is 1. The summed E-state index contributed by atoms with van der Waals surface area (Å²) in [7, 11) is 0. The molecule has 0 radical (unpaired) electrons. The van der Waals surface area contributed by atoms with Gasteiger partial charge in [-0.3, -0.25) is 4.79 Å². The topological polar surface area (TPSA) is 17.1 Å². The van der Waals surface area contributed by atoms with Crippen LogP contribution in [0.15, 0.2) is 24.3 Å².